The molecule has 4 N–H and O–H groups in total. The molecular formula is C25H41N7O2. The number of hydrogen-bond acceptors (Lipinski definition) is 8. The summed E-state index contributed by atoms with van der Waals surface area (Å²) >= 11 is 0. The molecule has 1 atom stereocenters. The Morgan fingerprint density at radius 2 is 2.03 bits per heavy atom. The highest BCUT2D eigenvalue weighted by Crippen LogP contribution is 2.31. The van der Waals surface area contributed by atoms with Crippen LogP contribution < -0.4 is 10.6 Å². The number of allylic oxidation sites excluding steroid dienone is 4. The largest absolute Gasteiger partial charge is 0.383 e. The van der Waals surface area contributed by atoms with Crippen LogP contribution in [-0.4, -0.2) is 73.8 Å². The van der Waals surface area contributed by atoms with E-state index in [-0.39, 0.29) is 17.7 Å². The summed E-state index contributed by atoms with van der Waals surface area (Å²) < 4.78 is 5.15. The predicted molar refractivity (Wildman–Crippen MR) is 139 cm³/mol. The van der Waals surface area contributed by atoms with E-state index in [4.69, 9.17) is 20.4 Å². The molecule has 9 heteroatoms. The number of aliphatic imine (C=N–C) groups is 1. The molecule has 1 heterocycles. The Kier molecular flexibility index (Phi) is 10.7. The lowest BCUT2D eigenvalue weighted by molar-refractivity contribution is -0.118. The van der Waals surface area contributed by atoms with E-state index in [0.29, 0.717) is 13.2 Å². The number of hydroxylamine groups is 2. The summed E-state index contributed by atoms with van der Waals surface area (Å²) in [6.07, 6.45) is 6.18. The Bertz CT molecular complexity index is 895. The summed E-state index contributed by atoms with van der Waals surface area (Å²) in [7, 11) is 3.47. The zero-order valence-electron chi connectivity index (χ0n) is 21.5. The van der Waals surface area contributed by atoms with Gasteiger partial charge in [0.2, 0.25) is 0 Å². The van der Waals surface area contributed by atoms with E-state index in [9.17, 15) is 0 Å². The topological polar surface area (TPSA) is 109 Å². The average Bonchev–Trinajstić information content (AvgIpc) is 3.55. The second kappa shape index (κ2) is 13.2. The van der Waals surface area contributed by atoms with Gasteiger partial charge in [-0.1, -0.05) is 13.5 Å². The zero-order chi connectivity index (χ0) is 25.3. The minimum absolute atomic E-state index is 0.184. The number of nitrogens with one attached hydrogen (secondary N) is 4. The van der Waals surface area contributed by atoms with Crippen LogP contribution in [0, 0.1) is 10.8 Å². The van der Waals surface area contributed by atoms with Crippen molar-refractivity contribution in [3.8, 4) is 0 Å². The van der Waals surface area contributed by atoms with Gasteiger partial charge in [0.25, 0.3) is 0 Å². The Morgan fingerprint density at radius 1 is 1.32 bits per heavy atom. The van der Waals surface area contributed by atoms with Crippen molar-refractivity contribution in [1.82, 2.24) is 20.6 Å². The fourth-order valence-electron chi connectivity index (χ4n) is 3.91. The van der Waals surface area contributed by atoms with E-state index in [0.717, 1.165) is 60.7 Å². The van der Waals surface area contributed by atoms with Gasteiger partial charge in [0.1, 0.15) is 17.5 Å². The van der Waals surface area contributed by atoms with Gasteiger partial charge in [0.15, 0.2) is 0 Å². The fraction of sp³-hybridized carbons (Fsp3) is 0.560. The molecule has 0 aromatic rings. The van der Waals surface area contributed by atoms with Crippen LogP contribution >= 0.6 is 0 Å². The molecule has 0 unspecified atom stereocenters. The van der Waals surface area contributed by atoms with E-state index >= 15 is 0 Å². The van der Waals surface area contributed by atoms with Crippen molar-refractivity contribution in [3.05, 3.63) is 47.1 Å². The maximum atomic E-state index is 8.35. The number of nitrogens with zero attached hydrogens (tertiary/aromatic N) is 3. The quantitative estimate of drug-likeness (QED) is 0.256. The van der Waals surface area contributed by atoms with Crippen molar-refractivity contribution in [1.29, 1.82) is 10.8 Å². The Labute approximate surface area is 204 Å². The Hall–Kier alpha value is -2.75. The number of methoxy groups -OCH3 is 1. The van der Waals surface area contributed by atoms with Crippen molar-refractivity contribution in [2.75, 3.05) is 40.5 Å². The van der Waals surface area contributed by atoms with Crippen molar-refractivity contribution >= 4 is 17.4 Å². The second-order valence-electron chi connectivity index (χ2n) is 8.50. The molecule has 1 saturated carbocycles. The maximum Gasteiger partial charge on any atom is 0.130 e. The lowest BCUT2D eigenvalue weighted by Gasteiger charge is -2.22. The molecule has 0 spiro atoms. The lowest BCUT2D eigenvalue weighted by atomic mass is 9.98. The molecule has 0 aromatic heterocycles. The summed E-state index contributed by atoms with van der Waals surface area (Å²) in [5.41, 5.74) is 5.22. The van der Waals surface area contributed by atoms with E-state index in [1.807, 2.05) is 12.0 Å². The molecule has 1 aliphatic heterocycles. The van der Waals surface area contributed by atoms with Crippen LogP contribution in [0.1, 0.15) is 47.0 Å². The predicted octanol–water partition coefficient (Wildman–Crippen LogP) is 3.55. The van der Waals surface area contributed by atoms with E-state index in [1.54, 1.807) is 27.2 Å². The number of hydrogen-bond donors (Lipinski definition) is 4. The van der Waals surface area contributed by atoms with Crippen molar-refractivity contribution in [2.24, 2.45) is 4.99 Å². The summed E-state index contributed by atoms with van der Waals surface area (Å²) in [6, 6.07) is 0.209. The molecule has 188 valence electrons. The highest BCUT2D eigenvalue weighted by molar-refractivity contribution is 6.16. The van der Waals surface area contributed by atoms with Crippen LogP contribution in [0.4, 0.5) is 0 Å². The van der Waals surface area contributed by atoms with E-state index < -0.39 is 0 Å². The minimum Gasteiger partial charge on any atom is -0.383 e. The summed E-state index contributed by atoms with van der Waals surface area (Å²) in [5, 5.41) is 25.4. The van der Waals surface area contributed by atoms with Gasteiger partial charge in [0.05, 0.1) is 25.0 Å². The third-order valence-electron chi connectivity index (χ3n) is 5.79. The molecule has 1 aliphatic carbocycles. The molecular weight excluding hydrogens is 430 g/mol. The zero-order valence-corrected chi connectivity index (χ0v) is 21.5. The monoisotopic (exact) mass is 471 g/mol. The van der Waals surface area contributed by atoms with E-state index in [1.165, 1.54) is 16.7 Å². The third kappa shape index (κ3) is 7.65. The van der Waals surface area contributed by atoms with Crippen molar-refractivity contribution < 1.29 is 9.57 Å². The molecule has 0 aromatic carbocycles. The second-order valence-corrected chi connectivity index (χ2v) is 8.50. The minimum atomic E-state index is 0.184. The van der Waals surface area contributed by atoms with Gasteiger partial charge in [-0.25, -0.2) is 0 Å². The summed E-state index contributed by atoms with van der Waals surface area (Å²) in [5.74, 6) is 1.49. The van der Waals surface area contributed by atoms with Gasteiger partial charge in [-0.2, -0.15) is 5.06 Å². The van der Waals surface area contributed by atoms with Gasteiger partial charge in [-0.3, -0.25) is 25.5 Å². The first kappa shape index (κ1) is 27.5. The van der Waals surface area contributed by atoms with Crippen LogP contribution in [0.2, 0.25) is 0 Å². The van der Waals surface area contributed by atoms with Gasteiger partial charge in [0, 0.05) is 39.1 Å². The third-order valence-corrected chi connectivity index (χ3v) is 5.79. The Morgan fingerprint density at radius 3 is 2.56 bits per heavy atom. The molecule has 2 rings (SSSR count). The molecule has 9 nitrogen and oxygen atoms in total. The van der Waals surface area contributed by atoms with Crippen LogP contribution in [0.3, 0.4) is 0 Å². The highest BCUT2D eigenvalue weighted by atomic mass is 16.7. The number of ether oxygens (including phenoxy) is 1. The van der Waals surface area contributed by atoms with Gasteiger partial charge in [-0.05, 0) is 62.8 Å². The maximum absolute atomic E-state index is 8.35. The SMILES string of the molecule is C=CN(C(C)=N)C(=N)/C=C(\C)C(=NC)/C(CC)=C(\C)NC(N[C@H]1CON(CCOC)C1)=C1CC1. The van der Waals surface area contributed by atoms with Crippen LogP contribution in [0.5, 0.6) is 0 Å². The molecule has 34 heavy (non-hydrogen) atoms. The van der Waals surface area contributed by atoms with Crippen molar-refractivity contribution in [2.45, 2.75) is 53.0 Å². The molecule has 0 amide bonds. The van der Waals surface area contributed by atoms with E-state index in [2.05, 4.69) is 36.1 Å². The first-order valence-corrected chi connectivity index (χ1v) is 11.8. The molecule has 1 saturated heterocycles. The Balaban J connectivity index is 2.17. The first-order chi connectivity index (χ1) is 16.2. The molecule has 2 aliphatic rings. The number of amidine groups is 2. The highest BCUT2D eigenvalue weighted by Gasteiger charge is 2.27. The smallest absolute Gasteiger partial charge is 0.130 e. The van der Waals surface area contributed by atoms with Gasteiger partial charge < -0.3 is 15.4 Å². The average molecular weight is 472 g/mol. The van der Waals surface area contributed by atoms with Gasteiger partial charge >= 0.3 is 0 Å². The summed E-state index contributed by atoms with van der Waals surface area (Å²) in [4.78, 5) is 11.7. The fourth-order valence-corrected chi connectivity index (χ4v) is 3.91. The van der Waals surface area contributed by atoms with Crippen LogP contribution in [-0.2, 0) is 9.57 Å². The van der Waals surface area contributed by atoms with Crippen LogP contribution in [0.15, 0.2) is 52.1 Å². The van der Waals surface area contributed by atoms with Crippen molar-refractivity contribution in [3.63, 3.8) is 0 Å². The normalized spacial score (nSPS) is 19.5. The summed E-state index contributed by atoms with van der Waals surface area (Å²) in [6.45, 7) is 14.3. The molecule has 0 radical (unpaired) electrons. The molecule has 0 bridgehead atoms. The first-order valence-electron chi connectivity index (χ1n) is 11.8. The standard InChI is InChI=1S/C25H41N7O2/c1-8-22(24(28-6)17(3)14-23(27)32(9-2)19(5)26)18(4)29-25(20-10-11-20)30-21-15-31(34-16-21)12-13-33-7/h9,14,21,26-27,29-30H,2,8,10-13,15-16H2,1,3-7H3/b17-14+,22-18+,26-19?,27-23?,28-24?/t21-/m1/s1. The number of rotatable bonds is 12. The molecule has 2 fully saturated rings. The lowest BCUT2D eigenvalue weighted by Crippen LogP contribution is -2.38. The van der Waals surface area contributed by atoms with Gasteiger partial charge in [-0.15, -0.1) is 0 Å². The van der Waals surface area contributed by atoms with Crippen LogP contribution in [0.25, 0.3) is 0 Å².